The van der Waals surface area contributed by atoms with E-state index in [4.69, 9.17) is 4.52 Å². The summed E-state index contributed by atoms with van der Waals surface area (Å²) in [6.07, 6.45) is 1.36. The summed E-state index contributed by atoms with van der Waals surface area (Å²) in [6, 6.07) is 11.0. The van der Waals surface area contributed by atoms with E-state index < -0.39 is 11.8 Å². The Labute approximate surface area is 154 Å². The number of benzene rings is 1. The molecule has 2 aromatic heterocycles. The SMILES string of the molecule is CC(=O)c1cccc(NC(=O)c2ccnc(C(=O)Nc3cc(C)on3)c2)c1. The number of ketones is 1. The molecule has 2 amide bonds. The molecule has 0 saturated carbocycles. The van der Waals surface area contributed by atoms with Gasteiger partial charge in [0.2, 0.25) is 0 Å². The summed E-state index contributed by atoms with van der Waals surface area (Å²) in [5.41, 5.74) is 1.28. The van der Waals surface area contributed by atoms with Gasteiger partial charge >= 0.3 is 0 Å². The molecule has 3 rings (SSSR count). The lowest BCUT2D eigenvalue weighted by Crippen LogP contribution is -2.17. The number of carbonyl (C=O) groups is 3. The molecule has 0 aliphatic rings. The summed E-state index contributed by atoms with van der Waals surface area (Å²) in [7, 11) is 0. The molecule has 0 radical (unpaired) electrons. The fraction of sp³-hybridized carbons (Fsp3) is 0.105. The highest BCUT2D eigenvalue weighted by Crippen LogP contribution is 2.14. The first kappa shape index (κ1) is 18.0. The first-order valence-electron chi connectivity index (χ1n) is 8.05. The highest BCUT2D eigenvalue weighted by Gasteiger charge is 2.14. The Bertz CT molecular complexity index is 1030. The van der Waals surface area contributed by atoms with E-state index >= 15 is 0 Å². The van der Waals surface area contributed by atoms with Gasteiger partial charge in [0.05, 0.1) is 0 Å². The van der Waals surface area contributed by atoms with Gasteiger partial charge < -0.3 is 15.2 Å². The molecular weight excluding hydrogens is 348 g/mol. The molecule has 0 aliphatic heterocycles. The molecule has 8 heteroatoms. The van der Waals surface area contributed by atoms with E-state index in [1.54, 1.807) is 37.3 Å². The molecule has 1 aromatic carbocycles. The van der Waals surface area contributed by atoms with Crippen molar-refractivity contribution in [2.24, 2.45) is 0 Å². The van der Waals surface area contributed by atoms with Crippen molar-refractivity contribution in [3.63, 3.8) is 0 Å². The van der Waals surface area contributed by atoms with E-state index in [0.29, 0.717) is 17.0 Å². The van der Waals surface area contributed by atoms with Gasteiger partial charge in [0, 0.05) is 29.1 Å². The first-order chi connectivity index (χ1) is 12.9. The number of nitrogens with zero attached hydrogens (tertiary/aromatic N) is 2. The van der Waals surface area contributed by atoms with Gasteiger partial charge in [-0.2, -0.15) is 0 Å². The zero-order valence-electron chi connectivity index (χ0n) is 14.6. The van der Waals surface area contributed by atoms with Gasteiger partial charge in [0.25, 0.3) is 11.8 Å². The van der Waals surface area contributed by atoms with Crippen LogP contribution in [-0.4, -0.2) is 27.7 Å². The zero-order valence-corrected chi connectivity index (χ0v) is 14.6. The van der Waals surface area contributed by atoms with Gasteiger partial charge in [-0.1, -0.05) is 17.3 Å². The molecule has 0 saturated heterocycles. The molecule has 0 aliphatic carbocycles. The third-order valence-corrected chi connectivity index (χ3v) is 3.65. The van der Waals surface area contributed by atoms with Crippen molar-refractivity contribution in [3.05, 3.63) is 71.2 Å². The smallest absolute Gasteiger partial charge is 0.275 e. The topological polar surface area (TPSA) is 114 Å². The first-order valence-corrected chi connectivity index (χ1v) is 8.05. The van der Waals surface area contributed by atoms with Crippen LogP contribution in [0.15, 0.2) is 53.2 Å². The molecule has 0 atom stereocenters. The van der Waals surface area contributed by atoms with Gasteiger partial charge in [0.1, 0.15) is 11.5 Å². The van der Waals surface area contributed by atoms with Crippen LogP contribution in [-0.2, 0) is 0 Å². The highest BCUT2D eigenvalue weighted by molar-refractivity contribution is 6.08. The Balaban J connectivity index is 1.74. The third kappa shape index (κ3) is 4.43. The summed E-state index contributed by atoms with van der Waals surface area (Å²) in [5.74, 6) is -0.229. The van der Waals surface area contributed by atoms with E-state index in [1.807, 2.05) is 0 Å². The normalized spacial score (nSPS) is 10.3. The molecule has 27 heavy (non-hydrogen) atoms. The van der Waals surface area contributed by atoms with Crippen LogP contribution in [0.3, 0.4) is 0 Å². The molecule has 0 bridgehead atoms. The number of aryl methyl sites for hydroxylation is 1. The van der Waals surface area contributed by atoms with Crippen molar-refractivity contribution >= 4 is 29.1 Å². The maximum atomic E-state index is 12.4. The van der Waals surface area contributed by atoms with Crippen molar-refractivity contribution in [3.8, 4) is 0 Å². The molecule has 2 heterocycles. The Morgan fingerprint density at radius 3 is 2.48 bits per heavy atom. The number of anilines is 2. The average Bonchev–Trinajstić information content (AvgIpc) is 3.06. The van der Waals surface area contributed by atoms with E-state index in [0.717, 1.165) is 0 Å². The fourth-order valence-corrected chi connectivity index (χ4v) is 2.32. The van der Waals surface area contributed by atoms with Gasteiger partial charge in [-0.05, 0) is 38.1 Å². The number of pyridine rings is 1. The Morgan fingerprint density at radius 1 is 0.963 bits per heavy atom. The van der Waals surface area contributed by atoms with Crippen molar-refractivity contribution in [1.82, 2.24) is 10.1 Å². The second kappa shape index (κ2) is 7.61. The minimum atomic E-state index is -0.517. The number of amides is 2. The Morgan fingerprint density at radius 2 is 1.78 bits per heavy atom. The summed E-state index contributed by atoms with van der Waals surface area (Å²) in [5, 5.41) is 8.91. The van der Waals surface area contributed by atoms with Gasteiger partial charge in [-0.25, -0.2) is 0 Å². The number of hydrogen-bond donors (Lipinski definition) is 2. The molecule has 3 aromatic rings. The van der Waals surface area contributed by atoms with E-state index in [9.17, 15) is 14.4 Å². The lowest BCUT2D eigenvalue weighted by molar-refractivity contribution is 0.100. The highest BCUT2D eigenvalue weighted by atomic mass is 16.5. The number of rotatable bonds is 5. The van der Waals surface area contributed by atoms with Crippen LogP contribution in [0.2, 0.25) is 0 Å². The van der Waals surface area contributed by atoms with Crippen molar-refractivity contribution in [1.29, 1.82) is 0 Å². The van der Waals surface area contributed by atoms with Crippen LogP contribution in [0.5, 0.6) is 0 Å². The maximum absolute atomic E-state index is 12.4. The summed E-state index contributed by atoms with van der Waals surface area (Å²) < 4.78 is 4.88. The summed E-state index contributed by atoms with van der Waals surface area (Å²) in [4.78, 5) is 40.1. The van der Waals surface area contributed by atoms with Gasteiger partial charge in [0.15, 0.2) is 11.6 Å². The summed E-state index contributed by atoms with van der Waals surface area (Å²) in [6.45, 7) is 3.15. The van der Waals surface area contributed by atoms with Crippen molar-refractivity contribution in [2.75, 3.05) is 10.6 Å². The number of carbonyl (C=O) groups excluding carboxylic acids is 3. The Kier molecular flexibility index (Phi) is 5.07. The van der Waals surface area contributed by atoms with Crippen LogP contribution in [0.4, 0.5) is 11.5 Å². The van der Waals surface area contributed by atoms with Crippen LogP contribution in [0.25, 0.3) is 0 Å². The van der Waals surface area contributed by atoms with Crippen molar-refractivity contribution < 1.29 is 18.9 Å². The lowest BCUT2D eigenvalue weighted by Gasteiger charge is -2.07. The molecule has 0 unspecified atom stereocenters. The minimum absolute atomic E-state index is 0.0563. The lowest BCUT2D eigenvalue weighted by atomic mass is 10.1. The van der Waals surface area contributed by atoms with Crippen LogP contribution in [0.1, 0.15) is 43.9 Å². The van der Waals surface area contributed by atoms with E-state index in [-0.39, 0.29) is 22.9 Å². The average molecular weight is 364 g/mol. The summed E-state index contributed by atoms with van der Waals surface area (Å²) >= 11 is 0. The van der Waals surface area contributed by atoms with E-state index in [2.05, 4.69) is 20.8 Å². The maximum Gasteiger partial charge on any atom is 0.275 e. The standard InChI is InChI=1S/C19H16N4O4/c1-11-8-17(23-27-11)22-19(26)16-10-14(6-7-20-16)18(25)21-15-5-3-4-13(9-15)12(2)24/h3-10H,1-2H3,(H,21,25)(H,22,23,26). The van der Waals surface area contributed by atoms with Crippen LogP contribution < -0.4 is 10.6 Å². The van der Waals surface area contributed by atoms with Gasteiger partial charge in [-0.15, -0.1) is 0 Å². The van der Waals surface area contributed by atoms with E-state index in [1.165, 1.54) is 25.3 Å². The molecule has 0 fully saturated rings. The monoisotopic (exact) mass is 364 g/mol. The molecular formula is C19H16N4O4. The second-order valence-electron chi connectivity index (χ2n) is 5.80. The number of hydrogen-bond acceptors (Lipinski definition) is 6. The number of aromatic nitrogens is 2. The Hall–Kier alpha value is -3.81. The molecule has 136 valence electrons. The minimum Gasteiger partial charge on any atom is -0.360 e. The zero-order chi connectivity index (χ0) is 19.4. The third-order valence-electron chi connectivity index (χ3n) is 3.65. The molecule has 2 N–H and O–H groups in total. The molecule has 0 spiro atoms. The number of Topliss-reactive ketones (excluding diaryl/α,β-unsaturated/α-hetero) is 1. The molecule has 8 nitrogen and oxygen atoms in total. The van der Waals surface area contributed by atoms with Crippen molar-refractivity contribution in [2.45, 2.75) is 13.8 Å². The second-order valence-corrected chi connectivity index (χ2v) is 5.80. The fourth-order valence-electron chi connectivity index (χ4n) is 2.32. The predicted molar refractivity (Wildman–Crippen MR) is 97.8 cm³/mol. The van der Waals surface area contributed by atoms with Crippen LogP contribution >= 0.6 is 0 Å². The largest absolute Gasteiger partial charge is 0.360 e. The van der Waals surface area contributed by atoms with Crippen LogP contribution in [0, 0.1) is 6.92 Å². The van der Waals surface area contributed by atoms with Gasteiger partial charge in [-0.3, -0.25) is 19.4 Å². The quantitative estimate of drug-likeness (QED) is 0.673. The predicted octanol–water partition coefficient (Wildman–Crippen LogP) is 3.09. The number of nitrogens with one attached hydrogen (secondary N) is 2.